The molecule has 0 radical (unpaired) electrons. The van der Waals surface area contributed by atoms with Crippen LogP contribution in [-0.4, -0.2) is 52.8 Å². The maximum atomic E-state index is 13.2. The van der Waals surface area contributed by atoms with Gasteiger partial charge in [0.05, 0.1) is 0 Å². The third-order valence-electron chi connectivity index (χ3n) is 6.13. The van der Waals surface area contributed by atoms with E-state index >= 15 is 0 Å². The van der Waals surface area contributed by atoms with Crippen molar-refractivity contribution in [2.45, 2.75) is 52.1 Å². The minimum Gasteiger partial charge on any atom is -0.354 e. The van der Waals surface area contributed by atoms with Crippen molar-refractivity contribution < 1.29 is 19.2 Å². The van der Waals surface area contributed by atoms with Crippen LogP contribution >= 0.6 is 12.2 Å². The highest BCUT2D eigenvalue weighted by Crippen LogP contribution is 2.08. The molecule has 0 saturated heterocycles. The van der Waals surface area contributed by atoms with Crippen molar-refractivity contribution in [3.05, 3.63) is 59.0 Å². The molecule has 11 nitrogen and oxygen atoms in total. The van der Waals surface area contributed by atoms with Gasteiger partial charge in [0.15, 0.2) is 5.11 Å². The van der Waals surface area contributed by atoms with E-state index in [0.717, 1.165) is 12.8 Å². The summed E-state index contributed by atoms with van der Waals surface area (Å²) in [6.07, 6.45) is 3.05. The molecule has 3 amide bonds. The number of likely N-dealkylation sites (N-methyl/N-ethyl adjacent to an activating group) is 1. The number of carbonyl (C=O) groups is 4. The number of thiocarbonyl (C=S) groups is 1. The Morgan fingerprint density at radius 1 is 0.974 bits per heavy atom. The van der Waals surface area contributed by atoms with Crippen LogP contribution in [0.15, 0.2) is 53.5 Å². The fraction of sp³-hybridized carbons (Fsp3) is 0.407. The van der Waals surface area contributed by atoms with Crippen LogP contribution in [0.5, 0.6) is 0 Å². The summed E-state index contributed by atoms with van der Waals surface area (Å²) in [5, 5.41) is 13.6. The molecule has 0 saturated carbocycles. The predicted octanol–water partition coefficient (Wildman–Crippen LogP) is 1.79. The van der Waals surface area contributed by atoms with Gasteiger partial charge >= 0.3 is 0 Å². The van der Waals surface area contributed by atoms with E-state index in [0.29, 0.717) is 18.2 Å². The van der Waals surface area contributed by atoms with Crippen molar-refractivity contribution in [3.8, 4) is 0 Å². The van der Waals surface area contributed by atoms with Crippen LogP contribution in [0.3, 0.4) is 0 Å². The molecule has 1 unspecified atom stereocenters. The van der Waals surface area contributed by atoms with Crippen molar-refractivity contribution >= 4 is 52.2 Å². The van der Waals surface area contributed by atoms with Crippen LogP contribution in [0.2, 0.25) is 0 Å². The molecule has 1 atom stereocenters. The number of nitrogens with zero attached hydrogens (tertiary/aromatic N) is 1. The fourth-order valence-electron chi connectivity index (χ4n) is 3.67. The molecular formula is C27H36N6O5S. The zero-order valence-electron chi connectivity index (χ0n) is 22.4. The Kier molecular flexibility index (Phi) is 12.8. The maximum Gasteiger partial charge on any atom is 0.287 e. The number of Topliss-reactive ketones (excluding diaryl/α,β-unsaturated/α-hetero) is 1. The fourth-order valence-corrected chi connectivity index (χ4v) is 3.93. The van der Waals surface area contributed by atoms with Gasteiger partial charge in [-0.15, -0.1) is 0 Å². The van der Waals surface area contributed by atoms with Crippen LogP contribution in [0.25, 0.3) is 0 Å². The van der Waals surface area contributed by atoms with Gasteiger partial charge in [-0.3, -0.25) is 24.0 Å². The Balaban J connectivity index is 2.13. The molecule has 12 heteroatoms. The van der Waals surface area contributed by atoms with Crippen LogP contribution in [-0.2, 0) is 25.7 Å². The second kappa shape index (κ2) is 16.0. The number of aromatic nitrogens is 1. The Morgan fingerprint density at radius 2 is 1.67 bits per heavy atom. The van der Waals surface area contributed by atoms with E-state index in [9.17, 15) is 24.0 Å². The number of hydrogen-bond acceptors (Lipinski definition) is 6. The number of ketones is 1. The van der Waals surface area contributed by atoms with Crippen molar-refractivity contribution in [1.29, 1.82) is 0 Å². The molecule has 0 spiro atoms. The molecule has 39 heavy (non-hydrogen) atoms. The molecule has 1 aromatic carbocycles. The number of hydrogen-bond donors (Lipinski definition) is 5. The van der Waals surface area contributed by atoms with Gasteiger partial charge in [-0.25, -0.2) is 0 Å². The van der Waals surface area contributed by atoms with Crippen molar-refractivity contribution in [2.75, 3.05) is 24.2 Å². The van der Waals surface area contributed by atoms with Crippen LogP contribution in [0.1, 0.15) is 39.5 Å². The number of para-hydroxylation sites is 1. The van der Waals surface area contributed by atoms with E-state index in [-0.39, 0.29) is 36.1 Å². The van der Waals surface area contributed by atoms with Gasteiger partial charge in [-0.1, -0.05) is 44.9 Å². The average Bonchev–Trinajstić information content (AvgIpc) is 2.93. The first-order valence-corrected chi connectivity index (χ1v) is 13.2. The van der Waals surface area contributed by atoms with E-state index < -0.39 is 29.2 Å². The largest absolute Gasteiger partial charge is 0.354 e. The van der Waals surface area contributed by atoms with Gasteiger partial charge in [-0.05, 0) is 48.8 Å². The highest BCUT2D eigenvalue weighted by atomic mass is 32.1. The van der Waals surface area contributed by atoms with Crippen LogP contribution in [0, 0.1) is 5.92 Å². The van der Waals surface area contributed by atoms with Crippen LogP contribution < -0.4 is 32.1 Å². The summed E-state index contributed by atoms with van der Waals surface area (Å²) >= 11 is 5.33. The molecule has 2 aromatic rings. The number of nitrogens with one attached hydrogen (secondary N) is 5. The summed E-state index contributed by atoms with van der Waals surface area (Å²) in [5.41, 5.74) is 0.0828. The molecule has 2 rings (SSSR count). The smallest absolute Gasteiger partial charge is 0.287 e. The summed E-state index contributed by atoms with van der Waals surface area (Å²) < 4.78 is 1.21. The number of rotatable bonds is 14. The lowest BCUT2D eigenvalue weighted by Crippen LogP contribution is -2.46. The quantitative estimate of drug-likeness (QED) is 0.175. The first kappa shape index (κ1) is 31.2. The summed E-state index contributed by atoms with van der Waals surface area (Å²) in [6, 6.07) is 10.9. The lowest BCUT2D eigenvalue weighted by molar-refractivity contribution is -0.137. The molecule has 210 valence electrons. The molecule has 0 bridgehead atoms. The Bertz CT molecular complexity index is 1210. The van der Waals surface area contributed by atoms with Gasteiger partial charge in [0.2, 0.25) is 17.6 Å². The van der Waals surface area contributed by atoms with Crippen molar-refractivity contribution in [3.63, 3.8) is 0 Å². The van der Waals surface area contributed by atoms with E-state index in [1.807, 2.05) is 18.2 Å². The van der Waals surface area contributed by atoms with Crippen molar-refractivity contribution in [2.24, 2.45) is 5.92 Å². The van der Waals surface area contributed by atoms with Gasteiger partial charge in [0.1, 0.15) is 18.3 Å². The highest BCUT2D eigenvalue weighted by molar-refractivity contribution is 7.80. The third-order valence-corrected chi connectivity index (χ3v) is 6.35. The highest BCUT2D eigenvalue weighted by Gasteiger charge is 2.24. The summed E-state index contributed by atoms with van der Waals surface area (Å²) in [4.78, 5) is 62.2. The topological polar surface area (TPSA) is 150 Å². The predicted molar refractivity (Wildman–Crippen MR) is 154 cm³/mol. The Morgan fingerprint density at radius 3 is 2.31 bits per heavy atom. The monoisotopic (exact) mass is 556 g/mol. The van der Waals surface area contributed by atoms with E-state index in [1.54, 1.807) is 18.2 Å². The van der Waals surface area contributed by atoms with E-state index in [1.165, 1.54) is 23.9 Å². The second-order valence-electron chi connectivity index (χ2n) is 8.89. The van der Waals surface area contributed by atoms with Gasteiger partial charge < -0.3 is 31.2 Å². The molecule has 0 aliphatic heterocycles. The van der Waals surface area contributed by atoms with Crippen LogP contribution in [0.4, 0.5) is 11.4 Å². The lowest BCUT2D eigenvalue weighted by Gasteiger charge is -2.20. The third kappa shape index (κ3) is 10.3. The molecule has 0 aliphatic carbocycles. The molecular weight excluding hydrogens is 520 g/mol. The number of anilines is 2. The zero-order chi connectivity index (χ0) is 28.8. The standard InChI is InChI=1S/C27H36N6O5S/c1-4-18(5-2)16-29-23(35)17-33-15-9-12-21(26(33)38)31-24(36)20(13-14-22(34)25(37)28-3)32-27(39)30-19-10-7-6-8-11-19/h6-12,15,18,20H,4-5,13-14,16-17H2,1-3H3,(H,28,37)(H,29,35)(H,31,36)(H2,30,32,39). The summed E-state index contributed by atoms with van der Waals surface area (Å²) in [6.45, 7) is 4.43. The number of benzene rings is 1. The second-order valence-corrected chi connectivity index (χ2v) is 9.30. The molecule has 5 N–H and O–H groups in total. The van der Waals surface area contributed by atoms with Gasteiger partial charge in [0, 0.05) is 31.9 Å². The molecule has 1 heterocycles. The number of amides is 3. The maximum absolute atomic E-state index is 13.2. The number of pyridine rings is 1. The summed E-state index contributed by atoms with van der Waals surface area (Å²) in [5.74, 6) is -2.05. The van der Waals surface area contributed by atoms with Crippen molar-refractivity contribution in [1.82, 2.24) is 20.5 Å². The zero-order valence-corrected chi connectivity index (χ0v) is 23.2. The molecule has 0 fully saturated rings. The number of carbonyl (C=O) groups excluding carboxylic acids is 4. The Hall–Kier alpha value is -4.06. The first-order chi connectivity index (χ1) is 18.7. The summed E-state index contributed by atoms with van der Waals surface area (Å²) in [7, 11) is 1.34. The molecule has 0 aliphatic rings. The normalized spacial score (nSPS) is 11.3. The van der Waals surface area contributed by atoms with Gasteiger partial charge in [-0.2, -0.15) is 0 Å². The lowest BCUT2D eigenvalue weighted by atomic mass is 10.0. The van der Waals surface area contributed by atoms with E-state index in [2.05, 4.69) is 40.4 Å². The minimum absolute atomic E-state index is 0.0401. The van der Waals surface area contributed by atoms with E-state index in [4.69, 9.17) is 12.2 Å². The molecule has 1 aromatic heterocycles. The Labute approximate surface area is 233 Å². The average molecular weight is 557 g/mol. The van der Waals surface area contributed by atoms with Gasteiger partial charge in [0.25, 0.3) is 11.5 Å². The minimum atomic E-state index is -1.04. The SMILES string of the molecule is CCC(CC)CNC(=O)Cn1cccc(NC(=O)C(CCC(=O)C(=O)NC)NC(=S)Nc2ccccc2)c1=O. The first-order valence-electron chi connectivity index (χ1n) is 12.8.